The number of carbonyl (C=O) groups is 1. The first kappa shape index (κ1) is 14.8. The fourth-order valence-electron chi connectivity index (χ4n) is 1.39. The third-order valence-electron chi connectivity index (χ3n) is 2.38. The zero-order valence-electron chi connectivity index (χ0n) is 10.9. The van der Waals surface area contributed by atoms with E-state index in [1.165, 1.54) is 6.07 Å². The highest BCUT2D eigenvalue weighted by molar-refractivity contribution is 8.00. The minimum atomic E-state index is -0.886. The summed E-state index contributed by atoms with van der Waals surface area (Å²) in [6.45, 7) is 7.51. The van der Waals surface area contributed by atoms with E-state index in [2.05, 4.69) is 9.97 Å². The van der Waals surface area contributed by atoms with E-state index >= 15 is 0 Å². The second kappa shape index (κ2) is 6.04. The Hall–Kier alpha value is -1.30. The first-order valence-corrected chi connectivity index (χ1v) is 6.70. The number of aromatic amines is 1. The van der Waals surface area contributed by atoms with Crippen LogP contribution in [0.4, 0.5) is 0 Å². The SMILES string of the molecule is CC(C)c1nc(SC(C(=O)O)C(C)C)cc(=O)[nH]1. The number of carboxylic acid groups (broad SMARTS) is 1. The third kappa shape index (κ3) is 3.87. The monoisotopic (exact) mass is 270 g/mol. The zero-order chi connectivity index (χ0) is 13.9. The van der Waals surface area contributed by atoms with Crippen LogP contribution in [0.25, 0.3) is 0 Å². The molecule has 18 heavy (non-hydrogen) atoms. The molecule has 1 rings (SSSR count). The van der Waals surface area contributed by atoms with Crippen LogP contribution in [-0.4, -0.2) is 26.3 Å². The minimum absolute atomic E-state index is 0.0314. The van der Waals surface area contributed by atoms with E-state index in [0.717, 1.165) is 11.8 Å². The highest BCUT2D eigenvalue weighted by Crippen LogP contribution is 2.26. The van der Waals surface area contributed by atoms with Gasteiger partial charge in [0.15, 0.2) is 0 Å². The molecule has 0 fully saturated rings. The highest BCUT2D eigenvalue weighted by Gasteiger charge is 2.23. The van der Waals surface area contributed by atoms with Crippen molar-refractivity contribution >= 4 is 17.7 Å². The smallest absolute Gasteiger partial charge is 0.317 e. The van der Waals surface area contributed by atoms with Gasteiger partial charge in [0.25, 0.3) is 5.56 Å². The van der Waals surface area contributed by atoms with Crippen LogP contribution >= 0.6 is 11.8 Å². The van der Waals surface area contributed by atoms with Crippen molar-refractivity contribution in [2.75, 3.05) is 0 Å². The van der Waals surface area contributed by atoms with Gasteiger partial charge in [-0.25, -0.2) is 4.98 Å². The quantitative estimate of drug-likeness (QED) is 0.632. The van der Waals surface area contributed by atoms with Crippen molar-refractivity contribution in [1.82, 2.24) is 9.97 Å². The van der Waals surface area contributed by atoms with Crippen LogP contribution in [-0.2, 0) is 4.79 Å². The van der Waals surface area contributed by atoms with Crippen LogP contribution in [0, 0.1) is 5.92 Å². The summed E-state index contributed by atoms with van der Waals surface area (Å²) in [5.41, 5.74) is -0.246. The normalized spacial score (nSPS) is 13.0. The lowest BCUT2D eigenvalue weighted by molar-refractivity contribution is -0.137. The number of aromatic nitrogens is 2. The maximum absolute atomic E-state index is 11.5. The fourth-order valence-corrected chi connectivity index (χ4v) is 2.35. The molecule has 5 nitrogen and oxygen atoms in total. The lowest BCUT2D eigenvalue weighted by atomic mass is 10.1. The van der Waals surface area contributed by atoms with Gasteiger partial charge in [0.05, 0.1) is 0 Å². The molecule has 0 aromatic carbocycles. The van der Waals surface area contributed by atoms with E-state index in [1.54, 1.807) is 0 Å². The lowest BCUT2D eigenvalue weighted by Crippen LogP contribution is -2.23. The number of carboxylic acids is 1. The van der Waals surface area contributed by atoms with Crippen molar-refractivity contribution in [2.45, 2.75) is 43.9 Å². The molecular weight excluding hydrogens is 252 g/mol. The maximum Gasteiger partial charge on any atom is 0.317 e. The van der Waals surface area contributed by atoms with Crippen LogP contribution in [0.2, 0.25) is 0 Å². The highest BCUT2D eigenvalue weighted by atomic mass is 32.2. The molecule has 0 spiro atoms. The Bertz CT molecular complexity index is 482. The van der Waals surface area contributed by atoms with Crippen molar-refractivity contribution in [3.8, 4) is 0 Å². The topological polar surface area (TPSA) is 83.0 Å². The molecule has 1 atom stereocenters. The molecule has 2 N–H and O–H groups in total. The van der Waals surface area contributed by atoms with Gasteiger partial charge in [0.2, 0.25) is 0 Å². The van der Waals surface area contributed by atoms with Gasteiger partial charge in [-0.2, -0.15) is 0 Å². The van der Waals surface area contributed by atoms with Gasteiger partial charge in [-0.15, -0.1) is 0 Å². The Morgan fingerprint density at radius 1 is 1.39 bits per heavy atom. The van der Waals surface area contributed by atoms with Gasteiger partial charge in [-0.1, -0.05) is 39.5 Å². The summed E-state index contributed by atoms with van der Waals surface area (Å²) in [6, 6.07) is 1.34. The molecule has 0 saturated heterocycles. The Labute approximate surface area is 110 Å². The predicted molar refractivity (Wildman–Crippen MR) is 71.1 cm³/mol. The number of hydrogen-bond donors (Lipinski definition) is 2. The average Bonchev–Trinajstić information content (AvgIpc) is 2.24. The Kier molecular flexibility index (Phi) is 4.95. The minimum Gasteiger partial charge on any atom is -0.480 e. The summed E-state index contributed by atoms with van der Waals surface area (Å²) in [7, 11) is 0. The Balaban J connectivity index is 3.03. The first-order chi connectivity index (χ1) is 8.31. The molecule has 0 amide bonds. The molecular formula is C12H18N2O3S. The van der Waals surface area contributed by atoms with Crippen molar-refractivity contribution in [3.05, 3.63) is 22.2 Å². The molecule has 100 valence electrons. The third-order valence-corrected chi connectivity index (χ3v) is 3.83. The number of hydrogen-bond acceptors (Lipinski definition) is 4. The van der Waals surface area contributed by atoms with Crippen LogP contribution < -0.4 is 5.56 Å². The Morgan fingerprint density at radius 3 is 2.44 bits per heavy atom. The molecule has 6 heteroatoms. The number of nitrogens with one attached hydrogen (secondary N) is 1. The number of thioether (sulfide) groups is 1. The average molecular weight is 270 g/mol. The van der Waals surface area contributed by atoms with Crippen molar-refractivity contribution in [3.63, 3.8) is 0 Å². The summed E-state index contributed by atoms with van der Waals surface area (Å²) in [4.78, 5) is 29.5. The summed E-state index contributed by atoms with van der Waals surface area (Å²) in [5, 5.41) is 8.98. The molecule has 0 aliphatic rings. The molecule has 0 radical (unpaired) electrons. The molecule has 0 aliphatic carbocycles. The molecule has 1 unspecified atom stereocenters. The van der Waals surface area contributed by atoms with Gasteiger partial charge in [0.1, 0.15) is 16.1 Å². The molecule has 0 aliphatic heterocycles. The van der Waals surface area contributed by atoms with E-state index < -0.39 is 11.2 Å². The number of nitrogens with zero attached hydrogens (tertiary/aromatic N) is 1. The molecule has 1 aromatic heterocycles. The second-order valence-corrected chi connectivity index (χ2v) is 5.91. The van der Waals surface area contributed by atoms with Gasteiger partial charge in [-0.05, 0) is 5.92 Å². The van der Waals surface area contributed by atoms with Crippen molar-refractivity contribution in [1.29, 1.82) is 0 Å². The van der Waals surface area contributed by atoms with Crippen LogP contribution in [0.15, 0.2) is 15.9 Å². The molecule has 0 saturated carbocycles. The summed E-state index contributed by atoms with van der Waals surface area (Å²) >= 11 is 1.12. The van der Waals surface area contributed by atoms with Gasteiger partial charge in [0, 0.05) is 12.0 Å². The van der Waals surface area contributed by atoms with Crippen LogP contribution in [0.3, 0.4) is 0 Å². The van der Waals surface area contributed by atoms with Crippen molar-refractivity contribution < 1.29 is 9.90 Å². The van der Waals surface area contributed by atoms with E-state index in [1.807, 2.05) is 27.7 Å². The van der Waals surface area contributed by atoms with Crippen LogP contribution in [0.5, 0.6) is 0 Å². The van der Waals surface area contributed by atoms with E-state index in [9.17, 15) is 9.59 Å². The van der Waals surface area contributed by atoms with Gasteiger partial charge < -0.3 is 10.1 Å². The largest absolute Gasteiger partial charge is 0.480 e. The second-order valence-electron chi connectivity index (χ2n) is 4.74. The van der Waals surface area contributed by atoms with Crippen LogP contribution in [0.1, 0.15) is 39.4 Å². The van der Waals surface area contributed by atoms with Crippen molar-refractivity contribution in [2.24, 2.45) is 5.92 Å². The summed E-state index contributed by atoms with van der Waals surface area (Å²) < 4.78 is 0. The maximum atomic E-state index is 11.5. The predicted octanol–water partition coefficient (Wildman–Crippen LogP) is 2.09. The molecule has 1 heterocycles. The first-order valence-electron chi connectivity index (χ1n) is 5.82. The number of rotatable bonds is 5. The molecule has 0 bridgehead atoms. The lowest BCUT2D eigenvalue weighted by Gasteiger charge is -2.15. The Morgan fingerprint density at radius 2 is 2.00 bits per heavy atom. The zero-order valence-corrected chi connectivity index (χ0v) is 11.7. The summed E-state index contributed by atoms with van der Waals surface area (Å²) in [5.74, 6) is -0.238. The standard InChI is InChI=1S/C12H18N2O3S/c1-6(2)10(12(16)17)18-9-5-8(15)13-11(14-9)7(3)4/h5-7,10H,1-4H3,(H,16,17)(H,13,14,15). The number of aliphatic carboxylic acids is 1. The van der Waals surface area contributed by atoms with E-state index in [-0.39, 0.29) is 17.4 Å². The van der Waals surface area contributed by atoms with E-state index in [0.29, 0.717) is 10.9 Å². The molecule has 1 aromatic rings. The van der Waals surface area contributed by atoms with Gasteiger partial charge >= 0.3 is 5.97 Å². The van der Waals surface area contributed by atoms with Gasteiger partial charge in [-0.3, -0.25) is 9.59 Å². The van der Waals surface area contributed by atoms with E-state index in [4.69, 9.17) is 5.11 Å². The number of H-pyrrole nitrogens is 1. The fraction of sp³-hybridized carbons (Fsp3) is 0.583. The summed E-state index contributed by atoms with van der Waals surface area (Å²) in [6.07, 6.45) is 0.